The highest BCUT2D eigenvalue weighted by atomic mass is 28.3. The van der Waals surface area contributed by atoms with E-state index in [0.717, 1.165) is 10.9 Å². The van der Waals surface area contributed by atoms with Crippen molar-refractivity contribution < 1.29 is 4.92 Å². The van der Waals surface area contributed by atoms with E-state index in [1.165, 1.54) is 5.52 Å². The van der Waals surface area contributed by atoms with Crippen LogP contribution in [0.25, 0.3) is 22.0 Å². The molecule has 3 rings (SSSR count). The van der Waals surface area contributed by atoms with E-state index in [9.17, 15) is 10.1 Å². The Morgan fingerprint density at radius 3 is 2.16 bits per heavy atom. The number of benzene rings is 2. The van der Waals surface area contributed by atoms with E-state index in [4.69, 9.17) is 0 Å². The second-order valence-electron chi connectivity index (χ2n) is 6.94. The van der Waals surface area contributed by atoms with E-state index in [1.54, 1.807) is 12.1 Å². The van der Waals surface area contributed by atoms with Crippen molar-refractivity contribution in [3.8, 4) is 11.1 Å². The number of hydrogen-bond donors (Lipinski definition) is 0. The van der Waals surface area contributed by atoms with Crippen LogP contribution in [0.4, 0.5) is 5.69 Å². The Balaban J connectivity index is 2.31. The monoisotopic (exact) mass is 351 g/mol. The van der Waals surface area contributed by atoms with Gasteiger partial charge in [-0.2, -0.15) is 0 Å². The lowest BCUT2D eigenvalue weighted by atomic mass is 10.0. The van der Waals surface area contributed by atoms with Gasteiger partial charge in [0, 0.05) is 28.7 Å². The van der Waals surface area contributed by atoms with Crippen LogP contribution in [-0.2, 0) is 0 Å². The predicted octanol–water partition coefficient (Wildman–Crippen LogP) is 5.88. The largest absolute Gasteiger partial charge is 0.373 e. The topological polar surface area (TPSA) is 48.1 Å². The first-order chi connectivity index (χ1) is 11.9. The maximum absolute atomic E-state index is 11.5. The molecule has 129 valence electrons. The zero-order chi connectivity index (χ0) is 18.1. The Morgan fingerprint density at radius 1 is 0.920 bits per heavy atom. The van der Waals surface area contributed by atoms with Crippen molar-refractivity contribution in [2.24, 2.45) is 0 Å². The molecule has 1 aromatic heterocycles. The lowest BCUT2D eigenvalue weighted by molar-refractivity contribution is -0.384. The zero-order valence-corrected chi connectivity index (χ0v) is 16.1. The molecule has 0 unspecified atom stereocenters. The number of para-hydroxylation sites is 2. The molecule has 0 amide bonds. The van der Waals surface area contributed by atoms with Gasteiger partial charge in [-0.25, -0.2) is 0 Å². The molecular weight excluding hydrogens is 328 g/mol. The molecule has 0 spiro atoms. The molecule has 0 atom stereocenters. The fourth-order valence-electron chi connectivity index (χ4n) is 3.69. The van der Waals surface area contributed by atoms with Gasteiger partial charge in [0.1, 0.15) is 0 Å². The average molecular weight is 352 g/mol. The molecule has 2 aromatic carbocycles. The van der Waals surface area contributed by atoms with Crippen molar-refractivity contribution in [2.75, 3.05) is 0 Å². The minimum atomic E-state index is -0.853. The molecule has 0 aliphatic heterocycles. The summed E-state index contributed by atoms with van der Waals surface area (Å²) in [6.45, 7) is 9.09. The normalized spacial score (nSPS) is 11.8. The second-order valence-corrected chi connectivity index (χ2v) is 10.6. The summed E-state index contributed by atoms with van der Waals surface area (Å²) in [7, 11) is -0.853. The van der Waals surface area contributed by atoms with Crippen molar-refractivity contribution in [1.29, 1.82) is 0 Å². The third-order valence-corrected chi connectivity index (χ3v) is 7.86. The van der Waals surface area contributed by atoms with Crippen LogP contribution in [0.3, 0.4) is 0 Å². The summed E-state index contributed by atoms with van der Waals surface area (Å²) in [6, 6.07) is 15.3. The maximum atomic E-state index is 11.5. The predicted molar refractivity (Wildman–Crippen MR) is 105 cm³/mol. The van der Waals surface area contributed by atoms with Gasteiger partial charge in [0.25, 0.3) is 5.69 Å². The summed E-state index contributed by atoms with van der Waals surface area (Å²) in [4.78, 5) is 11.2. The van der Waals surface area contributed by atoms with Crippen LogP contribution in [0.2, 0.25) is 11.1 Å². The molecule has 25 heavy (non-hydrogen) atoms. The third kappa shape index (κ3) is 3.12. The van der Waals surface area contributed by atoms with Gasteiger partial charge in [-0.1, -0.05) is 58.0 Å². The fourth-order valence-corrected chi connectivity index (χ4v) is 6.89. The average Bonchev–Trinajstić information content (AvgIpc) is 2.93. The summed E-state index contributed by atoms with van der Waals surface area (Å²) in [5, 5.41) is 12.6. The first-order valence-electron chi connectivity index (χ1n) is 8.62. The van der Waals surface area contributed by atoms with Gasteiger partial charge in [0.15, 0.2) is 8.96 Å². The quantitative estimate of drug-likeness (QED) is 0.327. The molecule has 0 bridgehead atoms. The Labute approximate surface area is 149 Å². The lowest BCUT2D eigenvalue weighted by Crippen LogP contribution is -2.30. The smallest absolute Gasteiger partial charge is 0.277 e. The molecule has 0 saturated heterocycles. The van der Waals surface area contributed by atoms with Crippen LogP contribution in [0.1, 0.15) is 27.7 Å². The summed E-state index contributed by atoms with van der Waals surface area (Å²) in [5.74, 6) is 0. The van der Waals surface area contributed by atoms with Gasteiger partial charge < -0.3 is 4.23 Å². The van der Waals surface area contributed by atoms with Gasteiger partial charge in [0.2, 0.25) is 0 Å². The molecule has 0 aliphatic carbocycles. The molecule has 1 radical (unpaired) electrons. The summed E-state index contributed by atoms with van der Waals surface area (Å²) in [5.41, 5.74) is 4.11. The van der Waals surface area contributed by atoms with E-state index < -0.39 is 8.96 Å². The van der Waals surface area contributed by atoms with Gasteiger partial charge in [0.05, 0.1) is 10.5 Å². The summed E-state index contributed by atoms with van der Waals surface area (Å²) < 4.78 is 2.40. The zero-order valence-electron chi connectivity index (χ0n) is 15.1. The Hall–Kier alpha value is -2.40. The highest BCUT2D eigenvalue weighted by Crippen LogP contribution is 2.38. The second kappa shape index (κ2) is 6.84. The maximum Gasteiger partial charge on any atom is 0.277 e. The van der Waals surface area contributed by atoms with E-state index in [1.807, 2.05) is 24.3 Å². The van der Waals surface area contributed by atoms with Crippen molar-refractivity contribution in [3.05, 3.63) is 64.8 Å². The number of nitro groups is 1. The summed E-state index contributed by atoms with van der Waals surface area (Å²) >= 11 is 0. The van der Waals surface area contributed by atoms with Gasteiger partial charge >= 0.3 is 0 Å². The molecule has 1 heterocycles. The SMILES string of the molecule is CC(C)[Si](C(C)C)n1cc(-c2ccccc2[N+](=O)[O-])c2ccccc21. The molecule has 4 nitrogen and oxygen atoms in total. The van der Waals surface area contributed by atoms with E-state index in [2.05, 4.69) is 50.3 Å². The Bertz CT molecular complexity index is 907. The summed E-state index contributed by atoms with van der Waals surface area (Å²) in [6.07, 6.45) is 2.14. The van der Waals surface area contributed by atoms with Crippen LogP contribution in [0.5, 0.6) is 0 Å². The highest BCUT2D eigenvalue weighted by Gasteiger charge is 2.27. The molecule has 0 N–H and O–H groups in total. The van der Waals surface area contributed by atoms with Gasteiger partial charge in [-0.15, -0.1) is 0 Å². The van der Waals surface area contributed by atoms with E-state index in [0.29, 0.717) is 16.6 Å². The highest BCUT2D eigenvalue weighted by molar-refractivity contribution is 6.61. The standard InChI is InChI=1S/C20H23N2O2Si/c1-14(2)25(15(3)4)21-13-18(16-9-5-7-11-19(16)21)17-10-6-8-12-20(17)22(23)24/h5-15H,1-4H3. The van der Waals surface area contributed by atoms with Crippen molar-refractivity contribution in [1.82, 2.24) is 4.23 Å². The number of rotatable bonds is 5. The third-order valence-electron chi connectivity index (χ3n) is 4.56. The Kier molecular flexibility index (Phi) is 4.77. The van der Waals surface area contributed by atoms with Crippen LogP contribution in [0, 0.1) is 10.1 Å². The van der Waals surface area contributed by atoms with Crippen LogP contribution >= 0.6 is 0 Å². The van der Waals surface area contributed by atoms with Crippen molar-refractivity contribution in [3.63, 3.8) is 0 Å². The lowest BCUT2D eigenvalue weighted by Gasteiger charge is -2.24. The minimum absolute atomic E-state index is 0.160. The molecule has 3 aromatic rings. The van der Waals surface area contributed by atoms with Crippen molar-refractivity contribution in [2.45, 2.75) is 38.8 Å². The van der Waals surface area contributed by atoms with Crippen molar-refractivity contribution >= 4 is 25.5 Å². The molecule has 0 aliphatic rings. The van der Waals surface area contributed by atoms with Crippen LogP contribution < -0.4 is 0 Å². The fraction of sp³-hybridized carbons (Fsp3) is 0.300. The number of hydrogen-bond acceptors (Lipinski definition) is 2. The van der Waals surface area contributed by atoms with Crippen LogP contribution in [0.15, 0.2) is 54.7 Å². The number of fused-ring (bicyclic) bond motifs is 1. The van der Waals surface area contributed by atoms with Gasteiger partial charge in [-0.05, 0) is 23.2 Å². The first-order valence-corrected chi connectivity index (χ1v) is 10.2. The molecular formula is C20H23N2O2Si. The Morgan fingerprint density at radius 2 is 1.52 bits per heavy atom. The molecule has 0 saturated carbocycles. The van der Waals surface area contributed by atoms with Gasteiger partial charge in [-0.3, -0.25) is 10.1 Å². The molecule has 0 fully saturated rings. The number of aromatic nitrogens is 1. The molecule has 5 heteroatoms. The van der Waals surface area contributed by atoms with E-state index >= 15 is 0 Å². The van der Waals surface area contributed by atoms with E-state index in [-0.39, 0.29) is 10.6 Å². The first kappa shape index (κ1) is 17.4. The number of nitrogens with zero attached hydrogens (tertiary/aromatic N) is 2. The van der Waals surface area contributed by atoms with Crippen LogP contribution in [-0.4, -0.2) is 18.1 Å². The minimum Gasteiger partial charge on any atom is -0.373 e. The number of nitro benzene ring substituents is 1.